The van der Waals surface area contributed by atoms with E-state index in [0.29, 0.717) is 4.88 Å². The lowest BCUT2D eigenvalue weighted by atomic mass is 10.2. The standard InChI is InChI=1S/C15H22BrN3O3S/c1-8(2)17-13(20)7-9(3)18-14(21)10(4)19-15(22)11-5-6-12(16)23-11/h5-6,8-10H,7H2,1-4H3,(H,17,20)(H,18,21)(H,19,22)/t9-,10+/m0/s1. The summed E-state index contributed by atoms with van der Waals surface area (Å²) < 4.78 is 0.851. The van der Waals surface area contributed by atoms with Gasteiger partial charge >= 0.3 is 0 Å². The van der Waals surface area contributed by atoms with E-state index in [-0.39, 0.29) is 36.2 Å². The molecule has 0 bridgehead atoms. The van der Waals surface area contributed by atoms with Gasteiger partial charge in [0.05, 0.1) is 8.66 Å². The predicted molar refractivity (Wildman–Crippen MR) is 94.4 cm³/mol. The number of carbonyl (C=O) groups is 3. The molecule has 8 heteroatoms. The minimum atomic E-state index is -0.681. The molecule has 0 aliphatic carbocycles. The van der Waals surface area contributed by atoms with Crippen molar-refractivity contribution in [2.24, 2.45) is 0 Å². The van der Waals surface area contributed by atoms with Crippen LogP contribution < -0.4 is 16.0 Å². The van der Waals surface area contributed by atoms with Gasteiger partial charge in [-0.25, -0.2) is 0 Å². The van der Waals surface area contributed by atoms with Crippen LogP contribution in [-0.4, -0.2) is 35.8 Å². The molecule has 0 spiro atoms. The molecule has 0 radical (unpaired) electrons. The van der Waals surface area contributed by atoms with Crippen LogP contribution in [0, 0.1) is 0 Å². The van der Waals surface area contributed by atoms with Crippen molar-refractivity contribution < 1.29 is 14.4 Å². The molecule has 0 fully saturated rings. The third-order valence-corrected chi connectivity index (χ3v) is 4.49. The zero-order valence-electron chi connectivity index (χ0n) is 13.6. The van der Waals surface area contributed by atoms with Gasteiger partial charge in [0.2, 0.25) is 11.8 Å². The van der Waals surface area contributed by atoms with Crippen molar-refractivity contribution in [2.75, 3.05) is 0 Å². The van der Waals surface area contributed by atoms with E-state index in [1.807, 2.05) is 13.8 Å². The monoisotopic (exact) mass is 403 g/mol. The van der Waals surface area contributed by atoms with E-state index in [1.54, 1.807) is 26.0 Å². The number of halogens is 1. The van der Waals surface area contributed by atoms with Crippen molar-refractivity contribution >= 4 is 45.0 Å². The molecule has 3 amide bonds. The maximum absolute atomic E-state index is 12.1. The molecule has 1 rings (SSSR count). The topological polar surface area (TPSA) is 87.3 Å². The molecule has 23 heavy (non-hydrogen) atoms. The number of amides is 3. The Kier molecular flexibility index (Phi) is 7.70. The van der Waals surface area contributed by atoms with E-state index < -0.39 is 6.04 Å². The van der Waals surface area contributed by atoms with E-state index in [9.17, 15) is 14.4 Å². The number of hydrogen-bond donors (Lipinski definition) is 3. The summed E-state index contributed by atoms with van der Waals surface area (Å²) in [6, 6.07) is 2.54. The third kappa shape index (κ3) is 7.13. The van der Waals surface area contributed by atoms with Crippen LogP contribution in [0.25, 0.3) is 0 Å². The first-order valence-electron chi connectivity index (χ1n) is 7.35. The third-order valence-electron chi connectivity index (χ3n) is 2.87. The van der Waals surface area contributed by atoms with E-state index in [2.05, 4.69) is 31.9 Å². The van der Waals surface area contributed by atoms with Crippen LogP contribution in [0.4, 0.5) is 0 Å². The van der Waals surface area contributed by atoms with Gasteiger partial charge in [-0.3, -0.25) is 14.4 Å². The molecule has 1 aromatic heterocycles. The van der Waals surface area contributed by atoms with Crippen LogP contribution >= 0.6 is 27.3 Å². The van der Waals surface area contributed by atoms with Crippen LogP contribution in [-0.2, 0) is 9.59 Å². The fourth-order valence-corrected chi connectivity index (χ4v) is 3.14. The molecular weight excluding hydrogens is 382 g/mol. The summed E-state index contributed by atoms with van der Waals surface area (Å²) in [5.41, 5.74) is 0. The van der Waals surface area contributed by atoms with Crippen LogP contribution in [0.2, 0.25) is 0 Å². The fourth-order valence-electron chi connectivity index (χ4n) is 1.85. The van der Waals surface area contributed by atoms with Crippen molar-refractivity contribution in [3.05, 3.63) is 20.8 Å². The van der Waals surface area contributed by atoms with E-state index in [0.717, 1.165) is 3.79 Å². The maximum atomic E-state index is 12.1. The zero-order chi connectivity index (χ0) is 17.6. The van der Waals surface area contributed by atoms with Gasteiger partial charge in [0.1, 0.15) is 6.04 Å². The van der Waals surface area contributed by atoms with Crippen LogP contribution in [0.3, 0.4) is 0 Å². The Bertz CT molecular complexity index is 574. The Hall–Kier alpha value is -1.41. The van der Waals surface area contributed by atoms with Gasteiger partial charge in [0.25, 0.3) is 5.91 Å². The number of nitrogens with one attached hydrogen (secondary N) is 3. The first-order valence-corrected chi connectivity index (χ1v) is 8.96. The average Bonchev–Trinajstić information content (AvgIpc) is 2.83. The molecule has 0 aliphatic rings. The Morgan fingerprint density at radius 2 is 1.74 bits per heavy atom. The van der Waals surface area contributed by atoms with E-state index in [4.69, 9.17) is 0 Å². The van der Waals surface area contributed by atoms with Gasteiger partial charge in [-0.2, -0.15) is 0 Å². The normalized spacial score (nSPS) is 13.3. The van der Waals surface area contributed by atoms with Crippen molar-refractivity contribution in [3.63, 3.8) is 0 Å². The lowest BCUT2D eigenvalue weighted by Gasteiger charge is -2.18. The van der Waals surface area contributed by atoms with Gasteiger partial charge in [0.15, 0.2) is 0 Å². The highest BCUT2D eigenvalue weighted by Gasteiger charge is 2.20. The Morgan fingerprint density at radius 1 is 1.09 bits per heavy atom. The molecule has 0 aromatic carbocycles. The molecule has 0 saturated heterocycles. The van der Waals surface area contributed by atoms with Gasteiger partial charge < -0.3 is 16.0 Å². The molecular formula is C15H22BrN3O3S. The Labute approximate surface area is 148 Å². The summed E-state index contributed by atoms with van der Waals surface area (Å²) >= 11 is 4.59. The first-order chi connectivity index (χ1) is 10.7. The second-order valence-electron chi connectivity index (χ2n) is 5.63. The SMILES string of the molecule is CC(C)NC(=O)C[C@H](C)NC(=O)[C@@H](C)NC(=O)c1ccc(Br)s1. The predicted octanol–water partition coefficient (Wildman–Crippen LogP) is 2.05. The van der Waals surface area contributed by atoms with Crippen molar-refractivity contribution in [1.82, 2.24) is 16.0 Å². The van der Waals surface area contributed by atoms with Crippen LogP contribution in [0.15, 0.2) is 15.9 Å². The summed E-state index contributed by atoms with van der Waals surface area (Å²) in [6.45, 7) is 7.11. The highest BCUT2D eigenvalue weighted by atomic mass is 79.9. The minimum Gasteiger partial charge on any atom is -0.354 e. The minimum absolute atomic E-state index is 0.0636. The fraction of sp³-hybridized carbons (Fsp3) is 0.533. The average molecular weight is 404 g/mol. The largest absolute Gasteiger partial charge is 0.354 e. The second kappa shape index (κ2) is 9.02. The summed E-state index contributed by atoms with van der Waals surface area (Å²) in [6.07, 6.45) is 0.197. The van der Waals surface area contributed by atoms with Gasteiger partial charge in [-0.1, -0.05) is 0 Å². The number of carbonyl (C=O) groups excluding carboxylic acids is 3. The maximum Gasteiger partial charge on any atom is 0.262 e. The molecule has 0 unspecified atom stereocenters. The smallest absolute Gasteiger partial charge is 0.262 e. The summed E-state index contributed by atoms with van der Waals surface area (Å²) in [5, 5.41) is 8.13. The molecule has 1 heterocycles. The summed E-state index contributed by atoms with van der Waals surface area (Å²) in [5.74, 6) is -0.736. The lowest BCUT2D eigenvalue weighted by Crippen LogP contribution is -2.48. The van der Waals surface area contributed by atoms with Crippen molar-refractivity contribution in [2.45, 2.75) is 52.2 Å². The van der Waals surface area contributed by atoms with Gasteiger partial charge in [0, 0.05) is 18.5 Å². The molecule has 128 valence electrons. The molecule has 3 N–H and O–H groups in total. The number of hydrogen-bond acceptors (Lipinski definition) is 4. The molecule has 1 aromatic rings. The second-order valence-corrected chi connectivity index (χ2v) is 8.10. The highest BCUT2D eigenvalue weighted by Crippen LogP contribution is 2.21. The van der Waals surface area contributed by atoms with E-state index in [1.165, 1.54) is 11.3 Å². The Morgan fingerprint density at radius 3 is 2.26 bits per heavy atom. The summed E-state index contributed by atoms with van der Waals surface area (Å²) in [7, 11) is 0. The zero-order valence-corrected chi connectivity index (χ0v) is 16.0. The molecule has 6 nitrogen and oxygen atoms in total. The first kappa shape index (κ1) is 19.6. The quantitative estimate of drug-likeness (QED) is 0.650. The molecule has 2 atom stereocenters. The molecule has 0 saturated carbocycles. The summed E-state index contributed by atoms with van der Waals surface area (Å²) in [4.78, 5) is 36.2. The highest BCUT2D eigenvalue weighted by molar-refractivity contribution is 9.11. The number of rotatable bonds is 7. The van der Waals surface area contributed by atoms with Crippen molar-refractivity contribution in [3.8, 4) is 0 Å². The Balaban J connectivity index is 2.44. The van der Waals surface area contributed by atoms with Crippen LogP contribution in [0.1, 0.15) is 43.8 Å². The van der Waals surface area contributed by atoms with Crippen LogP contribution in [0.5, 0.6) is 0 Å². The van der Waals surface area contributed by atoms with Crippen molar-refractivity contribution in [1.29, 1.82) is 0 Å². The van der Waals surface area contributed by atoms with E-state index >= 15 is 0 Å². The molecule has 0 aliphatic heterocycles. The van der Waals surface area contributed by atoms with Gasteiger partial charge in [-0.15, -0.1) is 11.3 Å². The lowest BCUT2D eigenvalue weighted by molar-refractivity contribution is -0.124. The van der Waals surface area contributed by atoms with Gasteiger partial charge in [-0.05, 0) is 55.8 Å². The number of thiophene rings is 1.